The van der Waals surface area contributed by atoms with E-state index >= 15 is 0 Å². The van der Waals surface area contributed by atoms with Crippen molar-refractivity contribution < 1.29 is 4.79 Å². The predicted molar refractivity (Wildman–Crippen MR) is 98.8 cm³/mol. The van der Waals surface area contributed by atoms with Crippen LogP contribution in [-0.2, 0) is 4.79 Å². The first-order valence-corrected chi connectivity index (χ1v) is 8.55. The first kappa shape index (κ1) is 15.6. The molecule has 4 rings (SSSR count). The van der Waals surface area contributed by atoms with Crippen molar-refractivity contribution in [3.8, 4) is 16.9 Å². The summed E-state index contributed by atoms with van der Waals surface area (Å²) in [7, 11) is 0. The fourth-order valence-electron chi connectivity index (χ4n) is 3.09. The second-order valence-electron chi connectivity index (χ2n) is 6.05. The van der Waals surface area contributed by atoms with E-state index in [9.17, 15) is 4.79 Å². The lowest BCUT2D eigenvalue weighted by Crippen LogP contribution is -2.32. The van der Waals surface area contributed by atoms with Gasteiger partial charge in [-0.1, -0.05) is 48.5 Å². The first-order valence-electron chi connectivity index (χ1n) is 8.55. The highest BCUT2D eigenvalue weighted by molar-refractivity contribution is 5.93. The Morgan fingerprint density at radius 3 is 2.40 bits per heavy atom. The van der Waals surface area contributed by atoms with E-state index in [0.717, 1.165) is 30.0 Å². The highest BCUT2D eigenvalue weighted by Crippen LogP contribution is 2.28. The van der Waals surface area contributed by atoms with E-state index in [1.165, 1.54) is 0 Å². The van der Waals surface area contributed by atoms with Crippen LogP contribution in [0.15, 0.2) is 66.7 Å². The molecule has 5 heteroatoms. The van der Waals surface area contributed by atoms with Gasteiger partial charge in [0.05, 0.1) is 11.4 Å². The van der Waals surface area contributed by atoms with Crippen molar-refractivity contribution in [3.63, 3.8) is 0 Å². The Kier molecular flexibility index (Phi) is 4.31. The molecule has 0 radical (unpaired) electrons. The van der Waals surface area contributed by atoms with Gasteiger partial charge in [-0.05, 0) is 12.1 Å². The van der Waals surface area contributed by atoms with Gasteiger partial charge in [-0.3, -0.25) is 9.69 Å². The summed E-state index contributed by atoms with van der Waals surface area (Å²) in [5.74, 6) is 0.818. The topological polar surface area (TPSA) is 50.2 Å². The minimum atomic E-state index is 0.113. The highest BCUT2D eigenvalue weighted by Gasteiger charge is 2.22. The number of para-hydroxylation sites is 1. The zero-order valence-corrected chi connectivity index (χ0v) is 13.9. The molecule has 1 fully saturated rings. The van der Waals surface area contributed by atoms with E-state index in [-0.39, 0.29) is 5.91 Å². The lowest BCUT2D eigenvalue weighted by Gasteiger charge is -2.16. The van der Waals surface area contributed by atoms with Crippen LogP contribution in [0.3, 0.4) is 0 Å². The first-order chi connectivity index (χ1) is 12.3. The number of hydrogen-bond acceptors (Lipinski definition) is 3. The molecule has 1 N–H and O–H groups in total. The number of rotatable bonds is 3. The lowest BCUT2D eigenvalue weighted by atomic mass is 10.1. The summed E-state index contributed by atoms with van der Waals surface area (Å²) < 4.78 is 1.91. The third-order valence-electron chi connectivity index (χ3n) is 4.37. The van der Waals surface area contributed by atoms with E-state index < -0.39 is 0 Å². The second-order valence-corrected chi connectivity index (χ2v) is 6.05. The molecule has 0 aliphatic carbocycles. The SMILES string of the molecule is O=C1CCNCCN1c1cc(-c2ccccc2)n(-c2ccccc2)n1. The van der Waals surface area contributed by atoms with Gasteiger partial charge in [0.2, 0.25) is 5.91 Å². The third-order valence-corrected chi connectivity index (χ3v) is 4.37. The number of hydrogen-bond donors (Lipinski definition) is 1. The van der Waals surface area contributed by atoms with Crippen molar-refractivity contribution in [3.05, 3.63) is 66.7 Å². The van der Waals surface area contributed by atoms with Gasteiger partial charge >= 0.3 is 0 Å². The van der Waals surface area contributed by atoms with Gasteiger partial charge in [0.1, 0.15) is 0 Å². The molecule has 2 aromatic carbocycles. The van der Waals surface area contributed by atoms with Crippen LogP contribution in [0.5, 0.6) is 0 Å². The molecule has 126 valence electrons. The molecule has 1 amide bonds. The number of amides is 1. The molecule has 0 unspecified atom stereocenters. The molecular formula is C20H20N4O. The maximum atomic E-state index is 12.4. The smallest absolute Gasteiger partial charge is 0.229 e. The van der Waals surface area contributed by atoms with E-state index in [1.807, 2.05) is 59.3 Å². The minimum absolute atomic E-state index is 0.113. The molecule has 0 bridgehead atoms. The van der Waals surface area contributed by atoms with Crippen molar-refractivity contribution in [1.82, 2.24) is 15.1 Å². The van der Waals surface area contributed by atoms with Crippen molar-refractivity contribution in [2.24, 2.45) is 0 Å². The summed E-state index contributed by atoms with van der Waals surface area (Å²) in [5, 5.41) is 8.03. The summed E-state index contributed by atoms with van der Waals surface area (Å²) in [6.07, 6.45) is 0.499. The van der Waals surface area contributed by atoms with Crippen LogP contribution in [0, 0.1) is 0 Å². The van der Waals surface area contributed by atoms with E-state index in [2.05, 4.69) is 17.4 Å². The fraction of sp³-hybridized carbons (Fsp3) is 0.200. The molecule has 1 aliphatic heterocycles. The Morgan fingerprint density at radius 2 is 1.64 bits per heavy atom. The molecule has 25 heavy (non-hydrogen) atoms. The van der Waals surface area contributed by atoms with Crippen LogP contribution in [0.1, 0.15) is 6.42 Å². The lowest BCUT2D eigenvalue weighted by molar-refractivity contribution is -0.118. The monoisotopic (exact) mass is 332 g/mol. The number of carbonyl (C=O) groups excluding carboxylic acids is 1. The van der Waals surface area contributed by atoms with Crippen molar-refractivity contribution >= 4 is 11.7 Å². The molecule has 1 aliphatic rings. The van der Waals surface area contributed by atoms with Crippen LogP contribution in [0.25, 0.3) is 16.9 Å². The van der Waals surface area contributed by atoms with Crippen molar-refractivity contribution in [2.45, 2.75) is 6.42 Å². The number of carbonyl (C=O) groups is 1. The zero-order valence-electron chi connectivity index (χ0n) is 13.9. The van der Waals surface area contributed by atoms with Crippen molar-refractivity contribution in [2.75, 3.05) is 24.5 Å². The van der Waals surface area contributed by atoms with Gasteiger partial charge in [-0.15, -0.1) is 5.10 Å². The molecular weight excluding hydrogens is 312 g/mol. The molecule has 2 heterocycles. The van der Waals surface area contributed by atoms with Gasteiger partial charge in [0.25, 0.3) is 0 Å². The van der Waals surface area contributed by atoms with Gasteiger partial charge in [-0.2, -0.15) is 0 Å². The van der Waals surface area contributed by atoms with Gasteiger partial charge in [-0.25, -0.2) is 4.68 Å². The standard InChI is InChI=1S/C20H20N4O/c25-20-11-12-21-13-14-23(20)19-15-18(16-7-3-1-4-8-16)24(22-19)17-9-5-2-6-10-17/h1-10,15,21H,11-14H2. The van der Waals surface area contributed by atoms with E-state index in [0.29, 0.717) is 18.8 Å². The second kappa shape index (κ2) is 6.91. The number of nitrogens with one attached hydrogen (secondary N) is 1. The molecule has 0 spiro atoms. The van der Waals surface area contributed by atoms with Crippen LogP contribution in [-0.4, -0.2) is 35.3 Å². The molecule has 0 saturated carbocycles. The summed E-state index contributed by atoms with van der Waals surface area (Å²) in [4.78, 5) is 14.2. The molecule has 1 aromatic heterocycles. The number of nitrogens with zero attached hydrogens (tertiary/aromatic N) is 3. The number of anilines is 1. The van der Waals surface area contributed by atoms with E-state index in [4.69, 9.17) is 5.10 Å². The quantitative estimate of drug-likeness (QED) is 0.802. The van der Waals surface area contributed by atoms with E-state index in [1.54, 1.807) is 4.90 Å². The Hall–Kier alpha value is -2.92. The van der Waals surface area contributed by atoms with Crippen LogP contribution >= 0.6 is 0 Å². The highest BCUT2D eigenvalue weighted by atomic mass is 16.2. The van der Waals surface area contributed by atoms with Gasteiger partial charge in [0, 0.05) is 37.7 Å². The summed E-state index contributed by atoms with van der Waals surface area (Å²) in [6.45, 7) is 2.14. The molecule has 5 nitrogen and oxygen atoms in total. The number of aromatic nitrogens is 2. The Bertz CT molecular complexity index is 801. The van der Waals surface area contributed by atoms with Gasteiger partial charge in [0.15, 0.2) is 5.82 Å². The minimum Gasteiger partial charge on any atom is -0.314 e. The molecule has 3 aromatic rings. The predicted octanol–water partition coefficient (Wildman–Crippen LogP) is 2.87. The third kappa shape index (κ3) is 3.19. The normalized spacial score (nSPS) is 15.2. The molecule has 0 atom stereocenters. The van der Waals surface area contributed by atoms with Gasteiger partial charge < -0.3 is 5.32 Å². The Labute approximate surface area is 146 Å². The Balaban J connectivity index is 1.82. The Morgan fingerprint density at radius 1 is 0.920 bits per heavy atom. The van der Waals surface area contributed by atoms with Crippen molar-refractivity contribution in [1.29, 1.82) is 0 Å². The fourth-order valence-corrected chi connectivity index (χ4v) is 3.09. The average molecular weight is 332 g/mol. The van der Waals surface area contributed by atoms with Crippen LogP contribution in [0.2, 0.25) is 0 Å². The molecule has 1 saturated heterocycles. The number of benzene rings is 2. The maximum absolute atomic E-state index is 12.4. The average Bonchev–Trinajstić information content (AvgIpc) is 2.99. The van der Waals surface area contributed by atoms with Crippen LogP contribution in [0.4, 0.5) is 5.82 Å². The summed E-state index contributed by atoms with van der Waals surface area (Å²) in [5.41, 5.74) is 3.03. The summed E-state index contributed by atoms with van der Waals surface area (Å²) in [6, 6.07) is 22.2. The largest absolute Gasteiger partial charge is 0.314 e. The van der Waals surface area contributed by atoms with Crippen LogP contribution < -0.4 is 10.2 Å². The summed E-state index contributed by atoms with van der Waals surface area (Å²) >= 11 is 0. The maximum Gasteiger partial charge on any atom is 0.229 e. The zero-order chi connectivity index (χ0) is 17.1.